The number of anilines is 1. The first-order chi connectivity index (χ1) is 13.0. The Labute approximate surface area is 160 Å². The highest BCUT2D eigenvalue weighted by Crippen LogP contribution is 2.17. The van der Waals surface area contributed by atoms with Gasteiger partial charge >= 0.3 is 0 Å². The van der Waals surface area contributed by atoms with Gasteiger partial charge in [0.2, 0.25) is 11.8 Å². The summed E-state index contributed by atoms with van der Waals surface area (Å²) in [6, 6.07) is 14.8. The zero-order valence-electron chi connectivity index (χ0n) is 16.0. The molecule has 0 aliphatic carbocycles. The van der Waals surface area contributed by atoms with E-state index >= 15 is 0 Å². The number of carbonyl (C=O) groups excluding carboxylic acids is 2. The van der Waals surface area contributed by atoms with Gasteiger partial charge in [0.1, 0.15) is 18.1 Å². The molecule has 2 rings (SSSR count). The van der Waals surface area contributed by atoms with Crippen molar-refractivity contribution >= 4 is 17.5 Å². The molecule has 0 bridgehead atoms. The number of hydrogen-bond acceptors (Lipinski definition) is 4. The third kappa shape index (κ3) is 6.66. The van der Waals surface area contributed by atoms with E-state index < -0.39 is 0 Å². The molecule has 2 amide bonds. The molecule has 1 N–H and O–H groups in total. The van der Waals surface area contributed by atoms with Crippen molar-refractivity contribution in [3.8, 4) is 11.5 Å². The zero-order valence-corrected chi connectivity index (χ0v) is 16.0. The van der Waals surface area contributed by atoms with E-state index in [4.69, 9.17) is 9.47 Å². The normalized spacial score (nSPS) is 10.2. The van der Waals surface area contributed by atoms with E-state index in [9.17, 15) is 9.59 Å². The molecule has 0 radical (unpaired) electrons. The molecule has 0 heterocycles. The molecule has 0 saturated carbocycles. The quantitative estimate of drug-likeness (QED) is 0.736. The minimum absolute atomic E-state index is 0.0861. The summed E-state index contributed by atoms with van der Waals surface area (Å²) in [7, 11) is 1.61. The fraction of sp³-hybridized carbons (Fsp3) is 0.333. The summed E-state index contributed by atoms with van der Waals surface area (Å²) in [6.45, 7) is 4.55. The summed E-state index contributed by atoms with van der Waals surface area (Å²) in [6.07, 6.45) is 0.233. The van der Waals surface area contributed by atoms with Crippen LogP contribution >= 0.6 is 0 Å². The average Bonchev–Trinajstić information content (AvgIpc) is 2.66. The Morgan fingerprint density at radius 2 is 1.67 bits per heavy atom. The Morgan fingerprint density at radius 1 is 1.00 bits per heavy atom. The number of rotatable bonds is 9. The van der Waals surface area contributed by atoms with E-state index in [1.165, 1.54) is 6.92 Å². The van der Waals surface area contributed by atoms with Crippen LogP contribution < -0.4 is 14.8 Å². The molecular weight excluding hydrogens is 344 g/mol. The van der Waals surface area contributed by atoms with Gasteiger partial charge in [0.05, 0.1) is 13.7 Å². The number of amides is 2. The Hall–Kier alpha value is -3.02. The molecule has 0 spiro atoms. The predicted molar refractivity (Wildman–Crippen MR) is 105 cm³/mol. The van der Waals surface area contributed by atoms with Crippen LogP contribution in [0.3, 0.4) is 0 Å². The van der Waals surface area contributed by atoms with Crippen LogP contribution in [0.2, 0.25) is 0 Å². The van der Waals surface area contributed by atoms with E-state index in [1.54, 1.807) is 12.0 Å². The molecule has 0 saturated heterocycles. The standard InChI is InChI=1S/C21H26N2O4/c1-16-6-4-5-7-20(16)22-21(25)12-13-23(17(2)24)14-15-27-19-10-8-18(26-3)9-11-19/h4-11H,12-15H2,1-3H3,(H,22,25). The number of benzene rings is 2. The number of nitrogens with zero attached hydrogens (tertiary/aromatic N) is 1. The number of aryl methyl sites for hydroxylation is 1. The lowest BCUT2D eigenvalue weighted by Crippen LogP contribution is -2.35. The topological polar surface area (TPSA) is 67.9 Å². The van der Waals surface area contributed by atoms with Crippen LogP contribution in [-0.4, -0.2) is 43.5 Å². The third-order valence-corrected chi connectivity index (χ3v) is 4.16. The molecule has 0 fully saturated rings. The van der Waals surface area contributed by atoms with Crippen molar-refractivity contribution < 1.29 is 19.1 Å². The van der Waals surface area contributed by atoms with Gasteiger partial charge in [-0.2, -0.15) is 0 Å². The van der Waals surface area contributed by atoms with Crippen LogP contribution in [-0.2, 0) is 9.59 Å². The maximum absolute atomic E-state index is 12.2. The second kappa shape index (κ2) is 10.2. The van der Waals surface area contributed by atoms with Gasteiger partial charge < -0.3 is 19.7 Å². The molecule has 2 aromatic rings. The van der Waals surface area contributed by atoms with Gasteiger partial charge in [0.25, 0.3) is 0 Å². The van der Waals surface area contributed by atoms with Gasteiger partial charge in [-0.1, -0.05) is 18.2 Å². The lowest BCUT2D eigenvalue weighted by molar-refractivity contribution is -0.129. The largest absolute Gasteiger partial charge is 0.497 e. The first-order valence-electron chi connectivity index (χ1n) is 8.87. The monoisotopic (exact) mass is 370 g/mol. The highest BCUT2D eigenvalue weighted by molar-refractivity contribution is 5.91. The lowest BCUT2D eigenvalue weighted by atomic mass is 10.2. The summed E-state index contributed by atoms with van der Waals surface area (Å²) in [5, 5.41) is 2.88. The maximum Gasteiger partial charge on any atom is 0.226 e. The van der Waals surface area contributed by atoms with Crippen molar-refractivity contribution in [3.05, 3.63) is 54.1 Å². The highest BCUT2D eigenvalue weighted by atomic mass is 16.5. The van der Waals surface area contributed by atoms with Crippen molar-refractivity contribution in [2.45, 2.75) is 20.3 Å². The fourth-order valence-corrected chi connectivity index (χ4v) is 2.53. The first-order valence-corrected chi connectivity index (χ1v) is 8.87. The minimum atomic E-state index is -0.119. The Morgan fingerprint density at radius 3 is 2.30 bits per heavy atom. The van der Waals surface area contributed by atoms with Crippen LogP contribution in [0, 0.1) is 6.92 Å². The molecule has 6 heteroatoms. The molecule has 144 valence electrons. The van der Waals surface area contributed by atoms with E-state index in [-0.39, 0.29) is 18.2 Å². The number of nitrogens with one attached hydrogen (secondary N) is 1. The number of para-hydroxylation sites is 1. The van der Waals surface area contributed by atoms with E-state index in [2.05, 4.69) is 5.32 Å². The van der Waals surface area contributed by atoms with Gasteiger partial charge in [-0.3, -0.25) is 9.59 Å². The van der Waals surface area contributed by atoms with Crippen molar-refractivity contribution in [2.75, 3.05) is 32.1 Å². The summed E-state index contributed by atoms with van der Waals surface area (Å²) in [5.74, 6) is 1.26. The van der Waals surface area contributed by atoms with Crippen LogP contribution in [0.15, 0.2) is 48.5 Å². The number of carbonyl (C=O) groups is 2. The fourth-order valence-electron chi connectivity index (χ4n) is 2.53. The second-order valence-electron chi connectivity index (χ2n) is 6.14. The highest BCUT2D eigenvalue weighted by Gasteiger charge is 2.12. The van der Waals surface area contributed by atoms with Gasteiger partial charge in [-0.25, -0.2) is 0 Å². The van der Waals surface area contributed by atoms with E-state index in [0.717, 1.165) is 17.0 Å². The Balaban J connectivity index is 1.78. The van der Waals surface area contributed by atoms with Gasteiger partial charge in [0, 0.05) is 25.6 Å². The number of methoxy groups -OCH3 is 1. The summed E-state index contributed by atoms with van der Waals surface area (Å²) >= 11 is 0. The SMILES string of the molecule is COc1ccc(OCCN(CCC(=O)Nc2ccccc2C)C(C)=O)cc1. The van der Waals surface area contributed by atoms with E-state index in [1.807, 2.05) is 55.5 Å². The lowest BCUT2D eigenvalue weighted by Gasteiger charge is -2.21. The van der Waals surface area contributed by atoms with Crippen molar-refractivity contribution in [1.29, 1.82) is 0 Å². The van der Waals surface area contributed by atoms with Crippen LogP contribution in [0.4, 0.5) is 5.69 Å². The molecule has 0 atom stereocenters. The van der Waals surface area contributed by atoms with Crippen molar-refractivity contribution in [2.24, 2.45) is 0 Å². The number of hydrogen-bond donors (Lipinski definition) is 1. The van der Waals surface area contributed by atoms with Gasteiger partial charge in [-0.15, -0.1) is 0 Å². The third-order valence-electron chi connectivity index (χ3n) is 4.16. The number of ether oxygens (including phenoxy) is 2. The molecule has 6 nitrogen and oxygen atoms in total. The molecule has 0 aromatic heterocycles. The Kier molecular flexibility index (Phi) is 7.67. The summed E-state index contributed by atoms with van der Waals surface area (Å²) in [5.41, 5.74) is 1.79. The molecule has 2 aromatic carbocycles. The molecule has 27 heavy (non-hydrogen) atoms. The zero-order chi connectivity index (χ0) is 19.6. The Bertz CT molecular complexity index is 759. The van der Waals surface area contributed by atoms with Crippen LogP contribution in [0.5, 0.6) is 11.5 Å². The van der Waals surface area contributed by atoms with Gasteiger partial charge in [-0.05, 0) is 42.8 Å². The van der Waals surface area contributed by atoms with Crippen LogP contribution in [0.25, 0.3) is 0 Å². The van der Waals surface area contributed by atoms with E-state index in [0.29, 0.717) is 25.4 Å². The second-order valence-corrected chi connectivity index (χ2v) is 6.14. The average molecular weight is 370 g/mol. The molecular formula is C21H26N2O4. The molecule has 0 aliphatic rings. The van der Waals surface area contributed by atoms with Crippen LogP contribution in [0.1, 0.15) is 18.9 Å². The smallest absolute Gasteiger partial charge is 0.226 e. The summed E-state index contributed by atoms with van der Waals surface area (Å²) < 4.78 is 10.8. The minimum Gasteiger partial charge on any atom is -0.497 e. The summed E-state index contributed by atoms with van der Waals surface area (Å²) in [4.78, 5) is 25.6. The first kappa shape index (κ1) is 20.3. The maximum atomic E-state index is 12.2. The van der Waals surface area contributed by atoms with Gasteiger partial charge in [0.15, 0.2) is 0 Å². The molecule has 0 aliphatic heterocycles. The van der Waals surface area contributed by atoms with Crippen molar-refractivity contribution in [3.63, 3.8) is 0 Å². The molecule has 0 unspecified atom stereocenters. The predicted octanol–water partition coefficient (Wildman–Crippen LogP) is 3.26. The van der Waals surface area contributed by atoms with Crippen molar-refractivity contribution in [1.82, 2.24) is 4.90 Å².